The van der Waals surface area contributed by atoms with Gasteiger partial charge in [0.05, 0.1) is 10.7 Å². The van der Waals surface area contributed by atoms with Crippen LogP contribution in [0.15, 0.2) is 17.5 Å². The van der Waals surface area contributed by atoms with E-state index in [0.717, 1.165) is 38.8 Å². The molecule has 0 N–H and O–H groups in total. The minimum Gasteiger partial charge on any atom is -0.342 e. The second-order valence-electron chi connectivity index (χ2n) is 6.18. The Morgan fingerprint density at radius 2 is 2.38 bits per heavy atom. The number of nitrogens with zero attached hydrogens (tertiary/aromatic N) is 2. The SMILES string of the molecule is CCc1csc([C@H]2CCCN(C(=O)C[C@H]3C=CCC3)C2)n1. The third kappa shape index (κ3) is 3.54. The number of likely N-dealkylation sites (tertiary alicyclic amines) is 1. The maximum absolute atomic E-state index is 12.5. The summed E-state index contributed by atoms with van der Waals surface area (Å²) in [6.07, 6.45) is 10.7. The third-order valence-electron chi connectivity index (χ3n) is 4.60. The number of piperidine rings is 1. The molecule has 1 saturated heterocycles. The van der Waals surface area contributed by atoms with Gasteiger partial charge in [-0.15, -0.1) is 11.3 Å². The molecule has 2 atom stereocenters. The fourth-order valence-corrected chi connectivity index (χ4v) is 4.33. The van der Waals surface area contributed by atoms with Crippen LogP contribution < -0.4 is 0 Å². The van der Waals surface area contributed by atoms with Gasteiger partial charge in [0.1, 0.15) is 0 Å². The molecule has 1 amide bonds. The monoisotopic (exact) mass is 304 g/mol. The van der Waals surface area contributed by atoms with Crippen LogP contribution in [0.25, 0.3) is 0 Å². The van der Waals surface area contributed by atoms with E-state index in [9.17, 15) is 4.79 Å². The summed E-state index contributed by atoms with van der Waals surface area (Å²) in [6.45, 7) is 3.94. The lowest BCUT2D eigenvalue weighted by Crippen LogP contribution is -2.39. The number of thiazole rings is 1. The number of aryl methyl sites for hydroxylation is 1. The van der Waals surface area contributed by atoms with E-state index < -0.39 is 0 Å². The van der Waals surface area contributed by atoms with Gasteiger partial charge >= 0.3 is 0 Å². The first kappa shape index (κ1) is 14.8. The highest BCUT2D eigenvalue weighted by atomic mass is 32.1. The fraction of sp³-hybridized carbons (Fsp3) is 0.647. The minimum absolute atomic E-state index is 0.337. The van der Waals surface area contributed by atoms with Crippen LogP contribution in [0.3, 0.4) is 0 Å². The van der Waals surface area contributed by atoms with Crippen molar-refractivity contribution in [1.29, 1.82) is 0 Å². The van der Waals surface area contributed by atoms with Crippen LogP contribution in [-0.2, 0) is 11.2 Å². The zero-order chi connectivity index (χ0) is 14.7. The van der Waals surface area contributed by atoms with Crippen molar-refractivity contribution >= 4 is 17.2 Å². The molecule has 2 heterocycles. The summed E-state index contributed by atoms with van der Waals surface area (Å²) < 4.78 is 0. The van der Waals surface area contributed by atoms with Crippen molar-refractivity contribution in [2.24, 2.45) is 5.92 Å². The Hall–Kier alpha value is -1.16. The van der Waals surface area contributed by atoms with E-state index in [1.54, 1.807) is 11.3 Å². The van der Waals surface area contributed by atoms with Crippen LogP contribution in [0, 0.1) is 5.92 Å². The number of aromatic nitrogens is 1. The molecule has 0 unspecified atom stereocenters. The Morgan fingerprint density at radius 3 is 3.10 bits per heavy atom. The number of hydrogen-bond acceptors (Lipinski definition) is 3. The summed E-state index contributed by atoms with van der Waals surface area (Å²) in [5.74, 6) is 1.26. The molecule has 4 heteroatoms. The molecule has 1 aliphatic heterocycles. The molecule has 3 rings (SSSR count). The largest absolute Gasteiger partial charge is 0.342 e. The van der Waals surface area contributed by atoms with Gasteiger partial charge in [-0.05, 0) is 38.0 Å². The topological polar surface area (TPSA) is 33.2 Å². The minimum atomic E-state index is 0.337. The van der Waals surface area contributed by atoms with E-state index in [-0.39, 0.29) is 0 Å². The lowest BCUT2D eigenvalue weighted by molar-refractivity contribution is -0.133. The highest BCUT2D eigenvalue weighted by Crippen LogP contribution is 2.30. The molecule has 1 aromatic heterocycles. The van der Waals surface area contributed by atoms with Crippen LogP contribution in [-0.4, -0.2) is 28.9 Å². The molecule has 1 aliphatic carbocycles. The first-order valence-corrected chi connectivity index (χ1v) is 9.03. The Balaban J connectivity index is 1.59. The molecule has 21 heavy (non-hydrogen) atoms. The molecule has 0 spiro atoms. The predicted molar refractivity (Wildman–Crippen MR) is 86.5 cm³/mol. The molecule has 1 fully saturated rings. The first-order valence-electron chi connectivity index (χ1n) is 8.15. The molecule has 0 saturated carbocycles. The van der Waals surface area contributed by atoms with E-state index >= 15 is 0 Å². The average Bonchev–Trinajstić information content (AvgIpc) is 3.18. The summed E-state index contributed by atoms with van der Waals surface area (Å²) in [4.78, 5) is 19.3. The Bertz CT molecular complexity index is 523. The van der Waals surface area contributed by atoms with Crippen LogP contribution in [0.2, 0.25) is 0 Å². The number of allylic oxidation sites excluding steroid dienone is 2. The first-order chi connectivity index (χ1) is 10.3. The zero-order valence-corrected chi connectivity index (χ0v) is 13.6. The van der Waals surface area contributed by atoms with Crippen LogP contribution in [0.1, 0.15) is 55.6 Å². The van der Waals surface area contributed by atoms with Gasteiger partial charge in [-0.1, -0.05) is 19.1 Å². The normalized spacial score (nSPS) is 25.5. The maximum atomic E-state index is 12.5. The fourth-order valence-electron chi connectivity index (χ4n) is 3.30. The Labute approximate surface area is 131 Å². The summed E-state index contributed by atoms with van der Waals surface area (Å²) >= 11 is 1.77. The lowest BCUT2D eigenvalue weighted by Gasteiger charge is -2.32. The molecule has 3 nitrogen and oxygen atoms in total. The number of hydrogen-bond donors (Lipinski definition) is 0. The highest BCUT2D eigenvalue weighted by molar-refractivity contribution is 7.09. The van der Waals surface area contributed by atoms with E-state index in [1.807, 2.05) is 0 Å². The average molecular weight is 304 g/mol. The van der Waals surface area contributed by atoms with Crippen molar-refractivity contribution in [3.63, 3.8) is 0 Å². The van der Waals surface area contributed by atoms with E-state index in [0.29, 0.717) is 24.2 Å². The molecule has 0 aromatic carbocycles. The summed E-state index contributed by atoms with van der Waals surface area (Å²) in [6, 6.07) is 0. The molecular weight excluding hydrogens is 280 g/mol. The Kier molecular flexibility index (Phi) is 4.73. The number of carbonyl (C=O) groups is 1. The van der Waals surface area contributed by atoms with Crippen LogP contribution in [0.5, 0.6) is 0 Å². The number of amides is 1. The van der Waals surface area contributed by atoms with Crippen molar-refractivity contribution < 1.29 is 4.79 Å². The second kappa shape index (κ2) is 6.73. The second-order valence-corrected chi connectivity index (χ2v) is 7.07. The van der Waals surface area contributed by atoms with Gasteiger partial charge in [0, 0.05) is 30.8 Å². The van der Waals surface area contributed by atoms with Crippen LogP contribution in [0.4, 0.5) is 0 Å². The van der Waals surface area contributed by atoms with Gasteiger partial charge in [0.15, 0.2) is 0 Å². The van der Waals surface area contributed by atoms with Crippen molar-refractivity contribution in [3.8, 4) is 0 Å². The quantitative estimate of drug-likeness (QED) is 0.793. The molecule has 2 aliphatic rings. The summed E-state index contributed by atoms with van der Waals surface area (Å²) in [5, 5.41) is 3.39. The number of rotatable bonds is 4. The summed E-state index contributed by atoms with van der Waals surface area (Å²) in [5.41, 5.74) is 1.19. The van der Waals surface area contributed by atoms with Gasteiger partial charge in [-0.25, -0.2) is 4.98 Å². The number of carbonyl (C=O) groups excluding carboxylic acids is 1. The maximum Gasteiger partial charge on any atom is 0.223 e. The van der Waals surface area contributed by atoms with Crippen molar-refractivity contribution in [2.45, 2.75) is 51.4 Å². The van der Waals surface area contributed by atoms with Gasteiger partial charge in [-0.2, -0.15) is 0 Å². The van der Waals surface area contributed by atoms with Gasteiger partial charge in [0.25, 0.3) is 0 Å². The van der Waals surface area contributed by atoms with Crippen LogP contribution >= 0.6 is 11.3 Å². The summed E-state index contributed by atoms with van der Waals surface area (Å²) in [7, 11) is 0. The van der Waals surface area contributed by atoms with Gasteiger partial charge < -0.3 is 4.90 Å². The highest BCUT2D eigenvalue weighted by Gasteiger charge is 2.27. The standard InChI is InChI=1S/C17H24N2OS/c1-2-15-12-21-17(18-15)14-8-5-9-19(11-14)16(20)10-13-6-3-4-7-13/h3,6,12-14H,2,4-5,7-11H2,1H3/t13-,14-/m0/s1. The molecule has 1 aromatic rings. The van der Waals surface area contributed by atoms with Gasteiger partial charge in [-0.3, -0.25) is 4.79 Å². The smallest absolute Gasteiger partial charge is 0.223 e. The third-order valence-corrected chi connectivity index (χ3v) is 5.66. The molecule has 0 radical (unpaired) electrons. The van der Waals surface area contributed by atoms with Crippen molar-refractivity contribution in [2.75, 3.05) is 13.1 Å². The van der Waals surface area contributed by atoms with E-state index in [2.05, 4.69) is 29.4 Å². The molecule has 114 valence electrons. The molecule has 0 bridgehead atoms. The molecular formula is C17H24N2OS. The Morgan fingerprint density at radius 1 is 1.48 bits per heavy atom. The van der Waals surface area contributed by atoms with E-state index in [4.69, 9.17) is 4.98 Å². The van der Waals surface area contributed by atoms with Crippen molar-refractivity contribution in [1.82, 2.24) is 9.88 Å². The zero-order valence-electron chi connectivity index (χ0n) is 12.8. The van der Waals surface area contributed by atoms with E-state index in [1.165, 1.54) is 17.1 Å². The lowest BCUT2D eigenvalue weighted by atomic mass is 9.97. The predicted octanol–water partition coefficient (Wildman–Crippen LogP) is 3.77. The van der Waals surface area contributed by atoms with Crippen molar-refractivity contribution in [3.05, 3.63) is 28.2 Å². The van der Waals surface area contributed by atoms with Gasteiger partial charge in [0.2, 0.25) is 5.91 Å².